The normalized spacial score (nSPS) is 20.8. The number of nitrogens with zero attached hydrogens (tertiary/aromatic N) is 3. The summed E-state index contributed by atoms with van der Waals surface area (Å²) < 4.78 is 29.0. The minimum absolute atomic E-state index is 0.430. The van der Waals surface area contributed by atoms with Crippen molar-refractivity contribution in [1.82, 2.24) is 9.21 Å². The number of hydrogen-bond donors (Lipinski definition) is 0. The lowest BCUT2D eigenvalue weighted by atomic mass is 10.1. The van der Waals surface area contributed by atoms with Gasteiger partial charge >= 0.3 is 10.2 Å². The molecular weight excluding hydrogens is 358 g/mol. The zero-order valence-corrected chi connectivity index (χ0v) is 16.4. The zero-order valence-electron chi connectivity index (χ0n) is 15.6. The third-order valence-corrected chi connectivity index (χ3v) is 7.32. The van der Waals surface area contributed by atoms with Gasteiger partial charge in [0.15, 0.2) is 0 Å². The van der Waals surface area contributed by atoms with Crippen molar-refractivity contribution in [2.45, 2.75) is 32.4 Å². The molecule has 0 radical (unpaired) electrons. The van der Waals surface area contributed by atoms with E-state index >= 15 is 0 Å². The molecule has 2 fully saturated rings. The predicted molar refractivity (Wildman–Crippen MR) is 109 cm³/mol. The predicted octanol–water partition coefficient (Wildman–Crippen LogP) is 3.24. The first kappa shape index (κ1) is 18.5. The third-order valence-electron chi connectivity index (χ3n) is 5.41. The summed E-state index contributed by atoms with van der Waals surface area (Å²) in [4.78, 5) is 2.49. The van der Waals surface area contributed by atoms with E-state index in [0.717, 1.165) is 30.9 Å². The number of piperidine rings is 1. The van der Waals surface area contributed by atoms with Crippen molar-refractivity contribution in [2.24, 2.45) is 0 Å². The molecule has 2 saturated heterocycles. The summed E-state index contributed by atoms with van der Waals surface area (Å²) in [6, 6.07) is 17.7. The third kappa shape index (κ3) is 4.18. The quantitative estimate of drug-likeness (QED) is 0.794. The highest BCUT2D eigenvalue weighted by atomic mass is 32.2. The van der Waals surface area contributed by atoms with Gasteiger partial charge in [-0.1, -0.05) is 48.9 Å². The summed E-state index contributed by atoms with van der Waals surface area (Å²) in [5.41, 5.74) is 3.06. The molecule has 0 bridgehead atoms. The molecule has 2 aliphatic heterocycles. The second-order valence-electron chi connectivity index (χ2n) is 7.41. The van der Waals surface area contributed by atoms with Crippen LogP contribution in [0.2, 0.25) is 0 Å². The van der Waals surface area contributed by atoms with Crippen molar-refractivity contribution in [1.29, 1.82) is 0 Å². The fourth-order valence-electron chi connectivity index (χ4n) is 4.00. The van der Waals surface area contributed by atoms with Gasteiger partial charge in [-0.05, 0) is 49.2 Å². The molecule has 27 heavy (non-hydrogen) atoms. The minimum Gasteiger partial charge on any atom is -0.299 e. The second-order valence-corrected chi connectivity index (χ2v) is 9.26. The van der Waals surface area contributed by atoms with Gasteiger partial charge in [-0.25, -0.2) is 0 Å². The Bertz CT molecular complexity index is 864. The van der Waals surface area contributed by atoms with E-state index in [9.17, 15) is 8.42 Å². The highest BCUT2D eigenvalue weighted by molar-refractivity contribution is 7.90. The summed E-state index contributed by atoms with van der Waals surface area (Å²) in [6.45, 7) is 4.73. The fourth-order valence-corrected chi connectivity index (χ4v) is 5.60. The van der Waals surface area contributed by atoms with Gasteiger partial charge in [-0.15, -0.1) is 0 Å². The average Bonchev–Trinajstić information content (AvgIpc) is 2.98. The maximum atomic E-state index is 12.9. The number of rotatable bonds is 5. The Morgan fingerprint density at radius 1 is 0.741 bits per heavy atom. The lowest BCUT2D eigenvalue weighted by Crippen LogP contribution is -2.32. The van der Waals surface area contributed by atoms with Crippen molar-refractivity contribution in [3.63, 3.8) is 0 Å². The molecule has 5 nitrogen and oxygen atoms in total. The van der Waals surface area contributed by atoms with Crippen LogP contribution in [0, 0.1) is 0 Å². The van der Waals surface area contributed by atoms with Crippen LogP contribution in [0.1, 0.15) is 30.4 Å². The molecule has 2 aliphatic rings. The first-order valence-corrected chi connectivity index (χ1v) is 11.2. The molecule has 2 aromatic carbocycles. The summed E-state index contributed by atoms with van der Waals surface area (Å²) in [7, 11) is -3.46. The largest absolute Gasteiger partial charge is 0.304 e. The van der Waals surface area contributed by atoms with Gasteiger partial charge in [0, 0.05) is 26.2 Å². The van der Waals surface area contributed by atoms with Gasteiger partial charge in [-0.3, -0.25) is 9.21 Å². The lowest BCUT2D eigenvalue weighted by molar-refractivity contribution is 0.221. The second kappa shape index (κ2) is 8.00. The summed E-state index contributed by atoms with van der Waals surface area (Å²) in [6.07, 6.45) is 3.89. The molecular formula is C21H27N3O2S. The zero-order chi connectivity index (χ0) is 18.7. The van der Waals surface area contributed by atoms with Crippen molar-refractivity contribution < 1.29 is 8.42 Å². The van der Waals surface area contributed by atoms with Gasteiger partial charge in [0.1, 0.15) is 0 Å². The van der Waals surface area contributed by atoms with Crippen molar-refractivity contribution >= 4 is 15.9 Å². The van der Waals surface area contributed by atoms with E-state index in [1.165, 1.54) is 29.1 Å². The molecule has 144 valence electrons. The minimum atomic E-state index is -3.46. The topological polar surface area (TPSA) is 43.9 Å². The Morgan fingerprint density at radius 3 is 2.19 bits per heavy atom. The SMILES string of the molecule is O=S1(=O)N(Cc2cccc(CN3CCCCC3)c2)CCN1c1ccccc1. The van der Waals surface area contributed by atoms with Crippen molar-refractivity contribution in [2.75, 3.05) is 30.5 Å². The average molecular weight is 386 g/mol. The molecule has 0 saturated carbocycles. The maximum absolute atomic E-state index is 12.9. The van der Waals surface area contributed by atoms with Crippen molar-refractivity contribution in [3.05, 3.63) is 65.7 Å². The number of likely N-dealkylation sites (tertiary alicyclic amines) is 1. The molecule has 6 heteroatoms. The van der Waals surface area contributed by atoms with Crippen LogP contribution in [-0.4, -0.2) is 43.8 Å². The Hall–Kier alpha value is -1.89. The van der Waals surface area contributed by atoms with Crippen molar-refractivity contribution in [3.8, 4) is 0 Å². The van der Waals surface area contributed by atoms with E-state index in [1.54, 1.807) is 4.31 Å². The van der Waals surface area contributed by atoms with Gasteiger partial charge in [0.25, 0.3) is 0 Å². The molecule has 0 unspecified atom stereocenters. The van der Waals surface area contributed by atoms with E-state index in [0.29, 0.717) is 19.6 Å². The molecule has 0 N–H and O–H groups in total. The molecule has 2 aromatic rings. The van der Waals surface area contributed by atoms with Crippen LogP contribution in [0.25, 0.3) is 0 Å². The molecule has 0 aromatic heterocycles. The molecule has 0 amide bonds. The van der Waals surface area contributed by atoms with Gasteiger partial charge < -0.3 is 0 Å². The van der Waals surface area contributed by atoms with E-state index in [1.807, 2.05) is 42.5 Å². The van der Waals surface area contributed by atoms with Gasteiger partial charge in [-0.2, -0.15) is 12.7 Å². The number of anilines is 1. The van der Waals surface area contributed by atoms with Gasteiger partial charge in [0.05, 0.1) is 5.69 Å². The standard InChI is InChI=1S/C21H27N3O2S/c25-27(26)23(14-15-24(27)21-10-3-1-4-11-21)18-20-9-7-8-19(16-20)17-22-12-5-2-6-13-22/h1,3-4,7-11,16H,2,5-6,12-15,17-18H2. The lowest BCUT2D eigenvalue weighted by Gasteiger charge is -2.26. The van der Waals surface area contributed by atoms with Crippen LogP contribution >= 0.6 is 0 Å². The van der Waals surface area contributed by atoms with Crippen LogP contribution in [0.15, 0.2) is 54.6 Å². The molecule has 2 heterocycles. The molecule has 4 rings (SSSR count). The molecule has 0 atom stereocenters. The molecule has 0 aliphatic carbocycles. The highest BCUT2D eigenvalue weighted by Crippen LogP contribution is 2.26. The Balaban J connectivity index is 1.45. The summed E-state index contributed by atoms with van der Waals surface area (Å²) in [5, 5.41) is 0. The van der Waals surface area contributed by atoms with Crippen LogP contribution in [-0.2, 0) is 23.3 Å². The van der Waals surface area contributed by atoms with E-state index < -0.39 is 10.2 Å². The van der Waals surface area contributed by atoms with E-state index in [2.05, 4.69) is 17.0 Å². The number of benzene rings is 2. The maximum Gasteiger partial charge on any atom is 0.304 e. The first-order chi connectivity index (χ1) is 13.1. The van der Waals surface area contributed by atoms with E-state index in [-0.39, 0.29) is 0 Å². The molecule has 0 spiro atoms. The highest BCUT2D eigenvalue weighted by Gasteiger charge is 2.36. The monoisotopic (exact) mass is 385 g/mol. The summed E-state index contributed by atoms with van der Waals surface area (Å²) >= 11 is 0. The van der Waals surface area contributed by atoms with Crippen LogP contribution < -0.4 is 4.31 Å². The van der Waals surface area contributed by atoms with Crippen LogP contribution in [0.5, 0.6) is 0 Å². The first-order valence-electron chi connectivity index (χ1n) is 9.76. The Morgan fingerprint density at radius 2 is 1.44 bits per heavy atom. The number of para-hydroxylation sites is 1. The Kier molecular flexibility index (Phi) is 5.48. The van der Waals surface area contributed by atoms with Gasteiger partial charge in [0.2, 0.25) is 0 Å². The Labute approximate surface area is 162 Å². The fraction of sp³-hybridized carbons (Fsp3) is 0.429. The van der Waals surface area contributed by atoms with Crippen LogP contribution in [0.4, 0.5) is 5.69 Å². The van der Waals surface area contributed by atoms with Crippen LogP contribution in [0.3, 0.4) is 0 Å². The number of hydrogen-bond acceptors (Lipinski definition) is 3. The van der Waals surface area contributed by atoms with E-state index in [4.69, 9.17) is 0 Å². The smallest absolute Gasteiger partial charge is 0.299 e. The summed E-state index contributed by atoms with van der Waals surface area (Å²) in [5.74, 6) is 0.